The average molecular weight is 420 g/mol. The summed E-state index contributed by atoms with van der Waals surface area (Å²) >= 11 is 0. The van der Waals surface area contributed by atoms with E-state index in [0.29, 0.717) is 11.3 Å². The van der Waals surface area contributed by atoms with Crippen molar-refractivity contribution in [3.05, 3.63) is 77.2 Å². The van der Waals surface area contributed by atoms with E-state index in [1.165, 1.54) is 6.92 Å². The molecule has 0 bridgehead atoms. The van der Waals surface area contributed by atoms with Gasteiger partial charge in [0.2, 0.25) is 0 Å². The van der Waals surface area contributed by atoms with E-state index in [9.17, 15) is 14.4 Å². The monoisotopic (exact) mass is 420 g/mol. The molecular weight excluding hydrogens is 396 g/mol. The molecule has 2 aromatic rings. The van der Waals surface area contributed by atoms with Crippen LogP contribution >= 0.6 is 0 Å². The Morgan fingerprint density at radius 1 is 1.00 bits per heavy atom. The molecule has 8 nitrogen and oxygen atoms in total. The second-order valence-electron chi connectivity index (χ2n) is 6.99. The molecule has 160 valence electrons. The van der Waals surface area contributed by atoms with Gasteiger partial charge in [0.05, 0.1) is 0 Å². The summed E-state index contributed by atoms with van der Waals surface area (Å²) in [7, 11) is 0. The standard InChI is InChI=1S/C23H24N4O4/c1-3-4-6-11-17-12-9-10-15-19(17)31-27(16(2)28)20-21(25-26-23(20)30)24-22(29)18-13-7-5-8-14-18/h5,7-10,12-15H,3-4,6,11H2,1-2H3,(H,24,29). The number of para-hydroxylation sites is 1. The lowest BCUT2D eigenvalue weighted by atomic mass is 10.1. The topological polar surface area (TPSA) is 100 Å². The maximum atomic E-state index is 12.5. The van der Waals surface area contributed by atoms with Crippen LogP contribution in [0.15, 0.2) is 76.3 Å². The number of aryl methyl sites for hydroxylation is 1. The number of nitrogens with zero attached hydrogens (tertiary/aromatic N) is 3. The first kappa shape index (κ1) is 21.9. The zero-order chi connectivity index (χ0) is 22.2. The normalized spacial score (nSPS) is 12.8. The zero-order valence-electron chi connectivity index (χ0n) is 17.5. The van der Waals surface area contributed by atoms with Gasteiger partial charge in [0.15, 0.2) is 17.3 Å². The van der Waals surface area contributed by atoms with Gasteiger partial charge in [-0.05, 0) is 36.6 Å². The second kappa shape index (κ2) is 10.3. The molecule has 0 radical (unpaired) electrons. The van der Waals surface area contributed by atoms with E-state index in [1.807, 2.05) is 12.1 Å². The molecule has 2 aromatic carbocycles. The van der Waals surface area contributed by atoms with Gasteiger partial charge < -0.3 is 10.2 Å². The molecule has 0 saturated carbocycles. The second-order valence-corrected chi connectivity index (χ2v) is 6.99. The van der Waals surface area contributed by atoms with Crippen molar-refractivity contribution in [1.29, 1.82) is 0 Å². The Hall–Kier alpha value is -3.81. The van der Waals surface area contributed by atoms with E-state index >= 15 is 0 Å². The van der Waals surface area contributed by atoms with Crippen LogP contribution in [0.1, 0.15) is 49.0 Å². The highest BCUT2D eigenvalue weighted by Gasteiger charge is 2.33. The van der Waals surface area contributed by atoms with Crippen LogP contribution in [0, 0.1) is 0 Å². The highest BCUT2D eigenvalue weighted by molar-refractivity contribution is 6.01. The SMILES string of the molecule is CCCCCc1ccccc1ON(C(C)=O)C1=C(NC(=O)c2ccccc2)N=NC1=O. The van der Waals surface area contributed by atoms with Crippen molar-refractivity contribution in [2.75, 3.05) is 0 Å². The minimum absolute atomic E-state index is 0.141. The molecule has 31 heavy (non-hydrogen) atoms. The van der Waals surface area contributed by atoms with E-state index in [2.05, 4.69) is 22.5 Å². The molecule has 0 spiro atoms. The lowest BCUT2D eigenvalue weighted by Gasteiger charge is -2.22. The van der Waals surface area contributed by atoms with E-state index in [1.54, 1.807) is 42.5 Å². The lowest BCUT2D eigenvalue weighted by Crippen LogP contribution is -2.37. The van der Waals surface area contributed by atoms with Crippen molar-refractivity contribution in [1.82, 2.24) is 10.4 Å². The fraction of sp³-hybridized carbons (Fsp3) is 0.261. The third kappa shape index (κ3) is 5.42. The van der Waals surface area contributed by atoms with Crippen LogP contribution in [0.5, 0.6) is 5.75 Å². The average Bonchev–Trinajstić information content (AvgIpc) is 3.13. The molecule has 8 heteroatoms. The van der Waals surface area contributed by atoms with Gasteiger partial charge >= 0.3 is 5.91 Å². The quantitative estimate of drug-likeness (QED) is 0.486. The molecule has 0 unspecified atom stereocenters. The van der Waals surface area contributed by atoms with Gasteiger partial charge in [-0.1, -0.05) is 56.2 Å². The van der Waals surface area contributed by atoms with Crippen LogP contribution in [-0.2, 0) is 16.0 Å². The predicted molar refractivity (Wildman–Crippen MR) is 114 cm³/mol. The number of unbranched alkanes of at least 4 members (excludes halogenated alkanes) is 2. The molecule has 0 aliphatic carbocycles. The summed E-state index contributed by atoms with van der Waals surface area (Å²) in [6, 6.07) is 15.8. The van der Waals surface area contributed by atoms with Crippen LogP contribution in [0.4, 0.5) is 0 Å². The smallest absolute Gasteiger partial charge is 0.319 e. The summed E-state index contributed by atoms with van der Waals surface area (Å²) in [5, 5.41) is 10.6. The summed E-state index contributed by atoms with van der Waals surface area (Å²) < 4.78 is 0. The van der Waals surface area contributed by atoms with Gasteiger partial charge in [0, 0.05) is 12.5 Å². The first-order valence-corrected chi connectivity index (χ1v) is 10.1. The number of hydrogen-bond acceptors (Lipinski definition) is 5. The Balaban J connectivity index is 1.87. The molecule has 0 fully saturated rings. The van der Waals surface area contributed by atoms with E-state index in [-0.39, 0.29) is 11.5 Å². The summed E-state index contributed by atoms with van der Waals surface area (Å²) in [5.74, 6) is -1.50. The molecule has 3 amide bonds. The Morgan fingerprint density at radius 2 is 1.71 bits per heavy atom. The number of amides is 3. The van der Waals surface area contributed by atoms with E-state index < -0.39 is 17.7 Å². The van der Waals surface area contributed by atoms with Crippen molar-refractivity contribution in [3.8, 4) is 5.75 Å². The number of carbonyl (C=O) groups is 3. The third-order valence-corrected chi connectivity index (χ3v) is 4.64. The molecule has 1 aliphatic rings. The predicted octanol–water partition coefficient (Wildman–Crippen LogP) is 4.15. The Labute approximate surface area is 180 Å². The number of azo groups is 1. The molecule has 3 rings (SSSR count). The molecule has 1 aliphatic heterocycles. The number of hydrogen-bond donors (Lipinski definition) is 1. The Bertz CT molecular complexity index is 1030. The first-order chi connectivity index (χ1) is 15.0. The van der Waals surface area contributed by atoms with E-state index in [4.69, 9.17) is 4.84 Å². The van der Waals surface area contributed by atoms with Crippen molar-refractivity contribution >= 4 is 17.7 Å². The van der Waals surface area contributed by atoms with Crippen molar-refractivity contribution in [2.24, 2.45) is 10.2 Å². The fourth-order valence-electron chi connectivity index (χ4n) is 3.06. The van der Waals surface area contributed by atoms with Crippen LogP contribution in [0.3, 0.4) is 0 Å². The van der Waals surface area contributed by atoms with Crippen molar-refractivity contribution < 1.29 is 19.2 Å². The Kier molecular flexibility index (Phi) is 7.26. The van der Waals surface area contributed by atoms with Crippen LogP contribution in [0.25, 0.3) is 0 Å². The van der Waals surface area contributed by atoms with Gasteiger partial charge in [-0.15, -0.1) is 15.3 Å². The van der Waals surface area contributed by atoms with Crippen molar-refractivity contribution in [2.45, 2.75) is 39.5 Å². The first-order valence-electron chi connectivity index (χ1n) is 10.1. The number of carbonyl (C=O) groups excluding carboxylic acids is 3. The van der Waals surface area contributed by atoms with Crippen molar-refractivity contribution in [3.63, 3.8) is 0 Å². The summed E-state index contributed by atoms with van der Waals surface area (Å²) in [6.07, 6.45) is 3.90. The van der Waals surface area contributed by atoms with Gasteiger partial charge in [-0.25, -0.2) is 0 Å². The van der Waals surface area contributed by atoms with Gasteiger partial charge in [-0.3, -0.25) is 14.4 Å². The number of nitrogens with one attached hydrogen (secondary N) is 1. The summed E-state index contributed by atoms with van der Waals surface area (Å²) in [5.41, 5.74) is 1.05. The van der Waals surface area contributed by atoms with Gasteiger partial charge in [0.25, 0.3) is 11.8 Å². The molecule has 0 aromatic heterocycles. The summed E-state index contributed by atoms with van der Waals surface area (Å²) in [4.78, 5) is 43.1. The number of benzene rings is 2. The molecule has 0 saturated heterocycles. The summed E-state index contributed by atoms with van der Waals surface area (Å²) in [6.45, 7) is 3.38. The minimum atomic E-state index is -0.776. The third-order valence-electron chi connectivity index (χ3n) is 4.64. The van der Waals surface area contributed by atoms with Gasteiger partial charge in [-0.2, -0.15) is 0 Å². The maximum absolute atomic E-state index is 12.5. The number of hydroxylamine groups is 2. The molecule has 1 N–H and O–H groups in total. The Morgan fingerprint density at radius 3 is 2.42 bits per heavy atom. The molecular formula is C23H24N4O4. The minimum Gasteiger partial charge on any atom is -0.371 e. The highest BCUT2D eigenvalue weighted by Crippen LogP contribution is 2.26. The molecule has 1 heterocycles. The highest BCUT2D eigenvalue weighted by atomic mass is 16.7. The fourth-order valence-corrected chi connectivity index (χ4v) is 3.06. The van der Waals surface area contributed by atoms with Gasteiger partial charge in [0.1, 0.15) is 0 Å². The van der Waals surface area contributed by atoms with Crippen LogP contribution < -0.4 is 10.2 Å². The lowest BCUT2D eigenvalue weighted by molar-refractivity contribution is -0.151. The largest absolute Gasteiger partial charge is 0.371 e. The number of rotatable bonds is 9. The zero-order valence-corrected chi connectivity index (χ0v) is 17.5. The van der Waals surface area contributed by atoms with Crippen LogP contribution in [0.2, 0.25) is 0 Å². The molecule has 0 atom stereocenters. The maximum Gasteiger partial charge on any atom is 0.319 e. The van der Waals surface area contributed by atoms with Crippen LogP contribution in [-0.4, -0.2) is 22.8 Å². The van der Waals surface area contributed by atoms with E-state index in [0.717, 1.165) is 36.3 Å².